The molecule has 2 aromatic rings. The van der Waals surface area contributed by atoms with E-state index >= 15 is 0 Å². The van der Waals surface area contributed by atoms with Crippen molar-refractivity contribution in [2.24, 2.45) is 0 Å². The predicted molar refractivity (Wildman–Crippen MR) is 88.7 cm³/mol. The number of hydrogen-bond acceptors (Lipinski definition) is 4. The normalized spacial score (nSPS) is 10.8. The van der Waals surface area contributed by atoms with Crippen LogP contribution in [0, 0.1) is 5.82 Å². The lowest BCUT2D eigenvalue weighted by molar-refractivity contribution is 0.104. The third kappa shape index (κ3) is 3.90. The number of halogens is 2. The molecule has 0 aliphatic carbocycles. The molecule has 0 saturated heterocycles. The van der Waals surface area contributed by atoms with E-state index in [4.69, 9.17) is 9.47 Å². The molecular weight excluding hydrogens is 367 g/mol. The molecule has 0 saturated carbocycles. The molecule has 0 aliphatic rings. The summed E-state index contributed by atoms with van der Waals surface area (Å²) in [7, 11) is 2.84. The number of methoxy groups -OCH3 is 2. The molecule has 0 atom stereocenters. The van der Waals surface area contributed by atoms with Crippen molar-refractivity contribution in [2.75, 3.05) is 14.2 Å². The van der Waals surface area contributed by atoms with E-state index in [9.17, 15) is 14.3 Å². The molecule has 23 heavy (non-hydrogen) atoms. The monoisotopic (exact) mass is 380 g/mol. The molecular formula is C17H14BrFO4. The smallest absolute Gasteiger partial charge is 0.200 e. The van der Waals surface area contributed by atoms with Gasteiger partial charge in [0.15, 0.2) is 17.3 Å². The number of ether oxygens (including phenoxy) is 2. The van der Waals surface area contributed by atoms with Crippen LogP contribution in [-0.4, -0.2) is 25.1 Å². The van der Waals surface area contributed by atoms with Gasteiger partial charge >= 0.3 is 0 Å². The second kappa shape index (κ2) is 7.28. The van der Waals surface area contributed by atoms with Crippen LogP contribution >= 0.6 is 15.9 Å². The highest BCUT2D eigenvalue weighted by molar-refractivity contribution is 9.10. The molecule has 0 aromatic heterocycles. The van der Waals surface area contributed by atoms with Gasteiger partial charge in [-0.05, 0) is 57.9 Å². The fourth-order valence-corrected chi connectivity index (χ4v) is 2.31. The first kappa shape index (κ1) is 17.0. The number of benzene rings is 2. The lowest BCUT2D eigenvalue weighted by atomic mass is 10.1. The van der Waals surface area contributed by atoms with Crippen LogP contribution in [-0.2, 0) is 0 Å². The predicted octanol–water partition coefficient (Wildman–Crippen LogP) is 4.21. The summed E-state index contributed by atoms with van der Waals surface area (Å²) in [4.78, 5) is 12.1. The van der Waals surface area contributed by atoms with Gasteiger partial charge in [-0.25, -0.2) is 4.39 Å². The van der Waals surface area contributed by atoms with E-state index in [1.165, 1.54) is 38.5 Å². The van der Waals surface area contributed by atoms with Crippen LogP contribution in [0.4, 0.5) is 4.39 Å². The zero-order valence-corrected chi connectivity index (χ0v) is 14.1. The van der Waals surface area contributed by atoms with Crippen LogP contribution in [0.1, 0.15) is 15.9 Å². The Balaban J connectivity index is 2.28. The molecule has 0 aliphatic heterocycles. The van der Waals surface area contributed by atoms with E-state index in [2.05, 4.69) is 15.9 Å². The maximum atomic E-state index is 13.2. The van der Waals surface area contributed by atoms with Crippen molar-refractivity contribution >= 4 is 27.8 Å². The summed E-state index contributed by atoms with van der Waals surface area (Å²) in [6.07, 6.45) is 2.91. The second-order valence-corrected chi connectivity index (χ2v) is 5.45. The maximum absolute atomic E-state index is 13.2. The SMILES string of the molecule is COc1cc(/C=C/C(=O)c2ccc(F)c(Br)c2)cc(OC)c1O. The molecule has 2 rings (SSSR count). The van der Waals surface area contributed by atoms with Crippen LogP contribution in [0.3, 0.4) is 0 Å². The summed E-state index contributed by atoms with van der Waals surface area (Å²) < 4.78 is 23.5. The van der Waals surface area contributed by atoms with Crippen molar-refractivity contribution in [3.63, 3.8) is 0 Å². The Labute approximate surface area is 141 Å². The van der Waals surface area contributed by atoms with E-state index < -0.39 is 5.82 Å². The topological polar surface area (TPSA) is 55.8 Å². The summed E-state index contributed by atoms with van der Waals surface area (Å²) >= 11 is 3.04. The standard InChI is InChI=1S/C17H14BrFO4/c1-22-15-7-10(8-16(23-2)17(15)21)3-6-14(20)11-4-5-13(19)12(18)9-11/h3-9,21H,1-2H3/b6-3+. The summed E-state index contributed by atoms with van der Waals surface area (Å²) in [6, 6.07) is 7.19. The number of allylic oxidation sites excluding steroid dienone is 1. The van der Waals surface area contributed by atoms with Gasteiger partial charge < -0.3 is 14.6 Å². The van der Waals surface area contributed by atoms with Crippen LogP contribution in [0.15, 0.2) is 40.9 Å². The van der Waals surface area contributed by atoms with Crippen molar-refractivity contribution < 1.29 is 23.8 Å². The Bertz CT molecular complexity index is 746. The third-order valence-corrected chi connectivity index (χ3v) is 3.74. The molecule has 0 unspecified atom stereocenters. The van der Waals surface area contributed by atoms with Crippen LogP contribution in [0.25, 0.3) is 6.08 Å². The average Bonchev–Trinajstić information content (AvgIpc) is 2.55. The van der Waals surface area contributed by atoms with E-state index in [0.717, 1.165) is 0 Å². The average molecular weight is 381 g/mol. The van der Waals surface area contributed by atoms with Gasteiger partial charge in [-0.1, -0.05) is 6.08 Å². The third-order valence-electron chi connectivity index (χ3n) is 3.13. The minimum atomic E-state index is -0.432. The minimum absolute atomic E-state index is 0.110. The highest BCUT2D eigenvalue weighted by Crippen LogP contribution is 2.37. The maximum Gasteiger partial charge on any atom is 0.200 e. The largest absolute Gasteiger partial charge is 0.502 e. The summed E-state index contributed by atoms with van der Waals surface area (Å²) in [5, 5.41) is 9.84. The molecule has 0 heterocycles. The van der Waals surface area contributed by atoms with Crippen molar-refractivity contribution in [1.29, 1.82) is 0 Å². The molecule has 0 amide bonds. The Morgan fingerprint density at radius 1 is 1.17 bits per heavy atom. The van der Waals surface area contributed by atoms with Crippen molar-refractivity contribution in [2.45, 2.75) is 0 Å². The zero-order valence-electron chi connectivity index (χ0n) is 12.5. The van der Waals surface area contributed by atoms with E-state index in [1.807, 2.05) is 0 Å². The fourth-order valence-electron chi connectivity index (χ4n) is 1.93. The highest BCUT2D eigenvalue weighted by Gasteiger charge is 2.10. The van der Waals surface area contributed by atoms with Crippen LogP contribution in [0.5, 0.6) is 17.2 Å². The van der Waals surface area contributed by atoms with Crippen LogP contribution in [0.2, 0.25) is 0 Å². The Hall–Kier alpha value is -2.34. The molecule has 0 spiro atoms. The van der Waals surface area contributed by atoms with E-state index in [0.29, 0.717) is 11.1 Å². The van der Waals surface area contributed by atoms with E-state index in [1.54, 1.807) is 18.2 Å². The molecule has 2 aromatic carbocycles. The number of carbonyl (C=O) groups is 1. The summed E-state index contributed by atoms with van der Waals surface area (Å²) in [5.41, 5.74) is 0.971. The number of rotatable bonds is 5. The van der Waals surface area contributed by atoms with Gasteiger partial charge in [0.2, 0.25) is 5.75 Å². The number of aromatic hydroxyl groups is 1. The number of ketones is 1. The first-order valence-corrected chi connectivity index (χ1v) is 7.38. The molecule has 4 nitrogen and oxygen atoms in total. The van der Waals surface area contributed by atoms with E-state index in [-0.39, 0.29) is 27.5 Å². The lowest BCUT2D eigenvalue weighted by Crippen LogP contribution is -1.95. The molecule has 1 N–H and O–H groups in total. The number of phenols is 1. The molecule has 6 heteroatoms. The Morgan fingerprint density at radius 2 is 1.78 bits per heavy atom. The first-order valence-electron chi connectivity index (χ1n) is 6.58. The van der Waals surface area contributed by atoms with Gasteiger partial charge in [0.1, 0.15) is 5.82 Å². The Morgan fingerprint density at radius 3 is 2.30 bits per heavy atom. The zero-order chi connectivity index (χ0) is 17.0. The number of carbonyl (C=O) groups excluding carboxylic acids is 1. The van der Waals surface area contributed by atoms with Crippen molar-refractivity contribution in [3.8, 4) is 17.2 Å². The molecule has 0 bridgehead atoms. The minimum Gasteiger partial charge on any atom is -0.502 e. The fraction of sp³-hybridized carbons (Fsp3) is 0.118. The van der Waals surface area contributed by atoms with Gasteiger partial charge in [-0.15, -0.1) is 0 Å². The van der Waals surface area contributed by atoms with Gasteiger partial charge in [0.05, 0.1) is 18.7 Å². The summed E-state index contributed by atoms with van der Waals surface area (Å²) in [6.45, 7) is 0. The first-order chi connectivity index (χ1) is 11.0. The number of phenolic OH excluding ortho intramolecular Hbond substituents is 1. The quantitative estimate of drug-likeness (QED) is 0.623. The summed E-state index contributed by atoms with van der Waals surface area (Å²) in [5.74, 6) is -0.349. The van der Waals surface area contributed by atoms with Crippen molar-refractivity contribution in [3.05, 3.63) is 57.8 Å². The van der Waals surface area contributed by atoms with Gasteiger partial charge in [-0.2, -0.15) is 0 Å². The van der Waals surface area contributed by atoms with Crippen molar-refractivity contribution in [1.82, 2.24) is 0 Å². The molecule has 120 valence electrons. The lowest BCUT2D eigenvalue weighted by Gasteiger charge is -2.09. The van der Waals surface area contributed by atoms with Gasteiger partial charge in [-0.3, -0.25) is 4.79 Å². The van der Waals surface area contributed by atoms with Gasteiger partial charge in [0.25, 0.3) is 0 Å². The molecule has 0 radical (unpaired) electrons. The molecule has 0 fully saturated rings. The number of hydrogen-bond donors (Lipinski definition) is 1. The van der Waals surface area contributed by atoms with Gasteiger partial charge in [0, 0.05) is 5.56 Å². The van der Waals surface area contributed by atoms with Crippen LogP contribution < -0.4 is 9.47 Å². The Kier molecular flexibility index (Phi) is 5.39. The second-order valence-electron chi connectivity index (χ2n) is 4.60. The highest BCUT2D eigenvalue weighted by atomic mass is 79.9.